The first-order valence-electron chi connectivity index (χ1n) is 9.41. The fourth-order valence-electron chi connectivity index (χ4n) is 2.93. The Labute approximate surface area is 146 Å². The van der Waals surface area contributed by atoms with E-state index in [1.165, 1.54) is 56.9 Å². The maximum atomic E-state index is 11.2. The Morgan fingerprint density at radius 3 is 1.67 bits per heavy atom. The summed E-state index contributed by atoms with van der Waals surface area (Å²) in [4.78, 5) is 21.6. The summed E-state index contributed by atoms with van der Waals surface area (Å²) in [6.07, 6.45) is 13.4. The molecule has 1 aromatic rings. The zero-order valence-electron chi connectivity index (χ0n) is 15.1. The van der Waals surface area contributed by atoms with Gasteiger partial charge in [-0.15, -0.1) is 0 Å². The molecule has 0 aliphatic carbocycles. The molecule has 0 atom stereocenters. The van der Waals surface area contributed by atoms with Gasteiger partial charge in [-0.05, 0) is 31.7 Å². The summed E-state index contributed by atoms with van der Waals surface area (Å²) in [6, 6.07) is 7.99. The third kappa shape index (κ3) is 10.2. The van der Waals surface area contributed by atoms with Crippen LogP contribution in [0.1, 0.15) is 93.5 Å². The van der Waals surface area contributed by atoms with Crippen molar-refractivity contribution >= 4 is 11.8 Å². The average molecular weight is 332 g/mol. The number of carbonyl (C=O) groups is 2. The number of hydrogen-bond donors (Lipinski definition) is 1. The van der Waals surface area contributed by atoms with E-state index in [0.717, 1.165) is 24.8 Å². The van der Waals surface area contributed by atoms with Crippen molar-refractivity contribution in [3.8, 4) is 0 Å². The van der Waals surface area contributed by atoms with Crippen molar-refractivity contribution < 1.29 is 14.7 Å². The Morgan fingerprint density at radius 1 is 0.750 bits per heavy atom. The topological polar surface area (TPSA) is 54.4 Å². The minimum Gasteiger partial charge on any atom is -0.481 e. The largest absolute Gasteiger partial charge is 0.481 e. The van der Waals surface area contributed by atoms with Crippen molar-refractivity contribution in [2.75, 3.05) is 0 Å². The fourth-order valence-corrected chi connectivity index (χ4v) is 2.93. The molecular weight excluding hydrogens is 300 g/mol. The monoisotopic (exact) mass is 332 g/mol. The van der Waals surface area contributed by atoms with Crippen molar-refractivity contribution in [3.63, 3.8) is 0 Å². The van der Waals surface area contributed by atoms with E-state index in [0.29, 0.717) is 6.42 Å². The molecule has 1 N–H and O–H groups in total. The molecular formula is C21H32O3. The lowest BCUT2D eigenvalue weighted by molar-refractivity contribution is -0.137. The third-order valence-electron chi connectivity index (χ3n) is 4.47. The van der Waals surface area contributed by atoms with Gasteiger partial charge in [-0.1, -0.05) is 75.6 Å². The molecule has 0 radical (unpaired) electrons. The zero-order chi connectivity index (χ0) is 17.6. The Balaban J connectivity index is 1.90. The van der Waals surface area contributed by atoms with Gasteiger partial charge in [0.25, 0.3) is 0 Å². The summed E-state index contributed by atoms with van der Waals surface area (Å²) in [5.74, 6) is -0.548. The molecule has 24 heavy (non-hydrogen) atoms. The summed E-state index contributed by atoms with van der Waals surface area (Å²) in [5.41, 5.74) is 2.11. The van der Waals surface area contributed by atoms with Crippen LogP contribution in [0.4, 0.5) is 0 Å². The fraction of sp³-hybridized carbons (Fsp3) is 0.619. The second-order valence-electron chi connectivity index (χ2n) is 6.68. The van der Waals surface area contributed by atoms with Crippen molar-refractivity contribution in [1.82, 2.24) is 0 Å². The van der Waals surface area contributed by atoms with E-state index in [2.05, 4.69) is 12.1 Å². The van der Waals surface area contributed by atoms with Crippen molar-refractivity contribution in [2.45, 2.75) is 84.0 Å². The summed E-state index contributed by atoms with van der Waals surface area (Å²) < 4.78 is 0. The standard InChI is InChI=1S/C21H32O3/c1-18(22)20-16-14-19(15-17-20)12-10-8-6-4-2-3-5-7-9-11-13-21(23)24/h14-17H,2-13H2,1H3,(H,23,24). The molecule has 0 saturated heterocycles. The minimum atomic E-state index is -0.676. The van der Waals surface area contributed by atoms with Gasteiger partial charge < -0.3 is 5.11 Å². The molecule has 0 aromatic heterocycles. The molecule has 0 aliphatic heterocycles. The number of carboxylic acid groups (broad SMARTS) is 1. The molecule has 134 valence electrons. The Hall–Kier alpha value is -1.64. The molecule has 0 unspecified atom stereocenters. The van der Waals surface area contributed by atoms with Crippen LogP contribution < -0.4 is 0 Å². The predicted molar refractivity (Wildman–Crippen MR) is 98.6 cm³/mol. The summed E-state index contributed by atoms with van der Waals surface area (Å²) in [6.45, 7) is 1.60. The van der Waals surface area contributed by atoms with Gasteiger partial charge in [-0.3, -0.25) is 9.59 Å². The Morgan fingerprint density at radius 2 is 1.21 bits per heavy atom. The van der Waals surface area contributed by atoms with Gasteiger partial charge in [0.15, 0.2) is 5.78 Å². The van der Waals surface area contributed by atoms with Crippen LogP contribution in [-0.2, 0) is 11.2 Å². The van der Waals surface area contributed by atoms with E-state index in [1.54, 1.807) is 6.92 Å². The minimum absolute atomic E-state index is 0.128. The maximum Gasteiger partial charge on any atom is 0.303 e. The number of carboxylic acids is 1. The second kappa shape index (κ2) is 12.7. The first-order valence-corrected chi connectivity index (χ1v) is 9.41. The van der Waals surface area contributed by atoms with Crippen molar-refractivity contribution in [1.29, 1.82) is 0 Å². The molecule has 3 heteroatoms. The quantitative estimate of drug-likeness (QED) is 0.345. The SMILES string of the molecule is CC(=O)c1ccc(CCCCCCCCCCCCC(=O)O)cc1. The van der Waals surface area contributed by atoms with E-state index in [1.807, 2.05) is 12.1 Å². The molecule has 0 aliphatic rings. The highest BCUT2D eigenvalue weighted by molar-refractivity contribution is 5.93. The number of hydrogen-bond acceptors (Lipinski definition) is 2. The highest BCUT2D eigenvalue weighted by Gasteiger charge is 2.00. The van der Waals surface area contributed by atoms with Gasteiger partial charge in [0, 0.05) is 12.0 Å². The van der Waals surface area contributed by atoms with E-state index < -0.39 is 5.97 Å². The number of aryl methyl sites for hydroxylation is 1. The lowest BCUT2D eigenvalue weighted by atomic mass is 10.0. The first-order chi connectivity index (χ1) is 11.6. The predicted octanol–water partition coefficient (Wildman–Crippen LogP) is 5.81. The van der Waals surface area contributed by atoms with Crippen LogP contribution in [0.2, 0.25) is 0 Å². The second-order valence-corrected chi connectivity index (χ2v) is 6.68. The first kappa shape index (κ1) is 20.4. The lowest BCUT2D eigenvalue weighted by Crippen LogP contribution is -1.93. The van der Waals surface area contributed by atoms with Gasteiger partial charge in [0.05, 0.1) is 0 Å². The molecule has 0 heterocycles. The van der Waals surface area contributed by atoms with E-state index in [4.69, 9.17) is 5.11 Å². The zero-order valence-corrected chi connectivity index (χ0v) is 15.1. The highest BCUT2D eigenvalue weighted by atomic mass is 16.4. The van der Waals surface area contributed by atoms with E-state index >= 15 is 0 Å². The number of unbranched alkanes of at least 4 members (excludes halogenated alkanes) is 9. The van der Waals surface area contributed by atoms with Gasteiger partial charge in [0.2, 0.25) is 0 Å². The lowest BCUT2D eigenvalue weighted by Gasteiger charge is -2.04. The van der Waals surface area contributed by atoms with Gasteiger partial charge in [-0.25, -0.2) is 0 Å². The number of aliphatic carboxylic acids is 1. The molecule has 1 aromatic carbocycles. The third-order valence-corrected chi connectivity index (χ3v) is 4.47. The number of ketones is 1. The van der Waals surface area contributed by atoms with Gasteiger partial charge >= 0.3 is 5.97 Å². The average Bonchev–Trinajstić information content (AvgIpc) is 2.56. The van der Waals surface area contributed by atoms with Crippen LogP contribution in [0.25, 0.3) is 0 Å². The maximum absolute atomic E-state index is 11.2. The Bertz CT molecular complexity index is 476. The van der Waals surface area contributed by atoms with Crippen LogP contribution in [0.15, 0.2) is 24.3 Å². The van der Waals surface area contributed by atoms with E-state index in [9.17, 15) is 9.59 Å². The van der Waals surface area contributed by atoms with Crippen molar-refractivity contribution in [2.24, 2.45) is 0 Å². The van der Waals surface area contributed by atoms with Crippen LogP contribution in [0.3, 0.4) is 0 Å². The van der Waals surface area contributed by atoms with Crippen LogP contribution in [0.5, 0.6) is 0 Å². The normalized spacial score (nSPS) is 10.7. The molecule has 0 saturated carbocycles. The molecule has 3 nitrogen and oxygen atoms in total. The van der Waals surface area contributed by atoms with Crippen molar-refractivity contribution in [3.05, 3.63) is 35.4 Å². The number of rotatable bonds is 14. The molecule has 0 fully saturated rings. The molecule has 0 spiro atoms. The van der Waals surface area contributed by atoms with Gasteiger partial charge in [-0.2, -0.15) is 0 Å². The summed E-state index contributed by atoms with van der Waals surface area (Å²) in [5, 5.41) is 8.55. The molecule has 0 amide bonds. The van der Waals surface area contributed by atoms with Gasteiger partial charge in [0.1, 0.15) is 0 Å². The Kier molecular flexibility index (Phi) is 10.8. The highest BCUT2D eigenvalue weighted by Crippen LogP contribution is 2.13. The van der Waals surface area contributed by atoms with Crippen LogP contribution >= 0.6 is 0 Å². The van der Waals surface area contributed by atoms with Crippen LogP contribution in [-0.4, -0.2) is 16.9 Å². The van der Waals surface area contributed by atoms with Crippen LogP contribution in [0, 0.1) is 0 Å². The number of benzene rings is 1. The smallest absolute Gasteiger partial charge is 0.303 e. The molecule has 0 bridgehead atoms. The summed E-state index contributed by atoms with van der Waals surface area (Å²) >= 11 is 0. The molecule has 1 rings (SSSR count). The number of Topliss-reactive ketones (excluding diaryl/α,β-unsaturated/α-hetero) is 1. The summed E-state index contributed by atoms with van der Waals surface area (Å²) in [7, 11) is 0. The van der Waals surface area contributed by atoms with E-state index in [-0.39, 0.29) is 5.78 Å². The number of carbonyl (C=O) groups excluding carboxylic acids is 1.